The van der Waals surface area contributed by atoms with Crippen LogP contribution in [0.5, 0.6) is 0 Å². The number of rotatable bonds is 5. The molecule has 0 spiro atoms. The predicted molar refractivity (Wildman–Crippen MR) is 64.8 cm³/mol. The summed E-state index contributed by atoms with van der Waals surface area (Å²) >= 11 is 0. The molecule has 2 rings (SSSR count). The highest BCUT2D eigenvalue weighted by Gasteiger charge is 2.44. The zero-order valence-corrected chi connectivity index (χ0v) is 10.6. The first-order valence-corrected chi connectivity index (χ1v) is 7.36. The molecule has 0 saturated heterocycles. The van der Waals surface area contributed by atoms with E-state index >= 15 is 0 Å². The molecule has 17 heavy (non-hydrogen) atoms. The summed E-state index contributed by atoms with van der Waals surface area (Å²) in [6.45, 7) is 2.02. The van der Waals surface area contributed by atoms with Gasteiger partial charge in [0.05, 0.1) is 5.75 Å². The van der Waals surface area contributed by atoms with Gasteiger partial charge in [-0.3, -0.25) is 0 Å². The molecule has 1 fully saturated rings. The Kier molecular flexibility index (Phi) is 3.23. The van der Waals surface area contributed by atoms with Crippen LogP contribution in [0.15, 0.2) is 24.3 Å². The molecule has 0 unspecified atom stereocenters. The Morgan fingerprint density at radius 2 is 1.88 bits per heavy atom. The van der Waals surface area contributed by atoms with Crippen LogP contribution in [0.1, 0.15) is 25.3 Å². The van der Waals surface area contributed by atoms with E-state index in [1.54, 1.807) is 19.1 Å². The van der Waals surface area contributed by atoms with Crippen molar-refractivity contribution in [2.24, 2.45) is 0 Å². The second kappa shape index (κ2) is 4.38. The van der Waals surface area contributed by atoms with Crippen LogP contribution in [0.2, 0.25) is 0 Å². The summed E-state index contributed by atoms with van der Waals surface area (Å²) in [6, 6.07) is 6.32. The summed E-state index contributed by atoms with van der Waals surface area (Å²) < 4.78 is 38.2. The third-order valence-electron chi connectivity index (χ3n) is 3.32. The highest BCUT2D eigenvalue weighted by molar-refractivity contribution is 7.89. The van der Waals surface area contributed by atoms with Crippen LogP contribution >= 0.6 is 0 Å². The van der Waals surface area contributed by atoms with Crippen molar-refractivity contribution in [3.05, 3.63) is 35.6 Å². The van der Waals surface area contributed by atoms with Gasteiger partial charge in [-0.2, -0.15) is 0 Å². The molecule has 0 aliphatic heterocycles. The molecule has 1 aliphatic carbocycles. The number of benzene rings is 1. The van der Waals surface area contributed by atoms with Gasteiger partial charge in [0.15, 0.2) is 0 Å². The number of sulfonamides is 1. The van der Waals surface area contributed by atoms with Crippen molar-refractivity contribution in [3.8, 4) is 0 Å². The Bertz CT molecular complexity index is 492. The van der Waals surface area contributed by atoms with Gasteiger partial charge in [-0.15, -0.1) is 0 Å². The van der Waals surface area contributed by atoms with Gasteiger partial charge in [-0.05, 0) is 37.5 Å². The van der Waals surface area contributed by atoms with Crippen LogP contribution in [0, 0.1) is 5.82 Å². The Balaban J connectivity index is 2.08. The van der Waals surface area contributed by atoms with Gasteiger partial charge >= 0.3 is 0 Å². The zero-order valence-electron chi connectivity index (χ0n) is 9.74. The average molecular weight is 257 g/mol. The first-order chi connectivity index (χ1) is 7.97. The Labute approximate surface area is 101 Å². The summed E-state index contributed by atoms with van der Waals surface area (Å²) in [5, 5.41) is 0. The third-order valence-corrected chi connectivity index (χ3v) is 4.66. The normalized spacial score (nSPS) is 18.0. The minimum atomic E-state index is -3.15. The van der Waals surface area contributed by atoms with Crippen molar-refractivity contribution in [1.29, 1.82) is 0 Å². The maximum absolute atomic E-state index is 12.8. The molecule has 0 bridgehead atoms. The van der Waals surface area contributed by atoms with Crippen molar-refractivity contribution in [1.82, 2.24) is 4.72 Å². The van der Waals surface area contributed by atoms with Crippen LogP contribution in [0.25, 0.3) is 0 Å². The quantitative estimate of drug-likeness (QED) is 0.874. The van der Waals surface area contributed by atoms with Crippen LogP contribution < -0.4 is 4.72 Å². The van der Waals surface area contributed by atoms with E-state index in [2.05, 4.69) is 4.72 Å². The van der Waals surface area contributed by atoms with E-state index in [9.17, 15) is 12.8 Å². The second-order valence-corrected chi connectivity index (χ2v) is 6.61. The third kappa shape index (κ3) is 2.84. The first-order valence-electron chi connectivity index (χ1n) is 5.71. The molecule has 0 radical (unpaired) electrons. The molecule has 0 aromatic heterocycles. The molecule has 1 aliphatic rings. The van der Waals surface area contributed by atoms with Gasteiger partial charge in [0, 0.05) is 12.0 Å². The monoisotopic (exact) mass is 257 g/mol. The molecule has 0 heterocycles. The Hall–Kier alpha value is -0.940. The summed E-state index contributed by atoms with van der Waals surface area (Å²) in [7, 11) is -3.15. The Morgan fingerprint density at radius 3 is 2.35 bits per heavy atom. The van der Waals surface area contributed by atoms with E-state index in [0.717, 1.165) is 18.4 Å². The summed E-state index contributed by atoms with van der Waals surface area (Å²) in [4.78, 5) is 0. The number of halogens is 1. The summed E-state index contributed by atoms with van der Waals surface area (Å²) in [5.41, 5.74) is 0.897. The standard InChI is InChI=1S/C12H16FNO2S/c1-2-17(15,16)14-9-12(7-8-12)10-3-5-11(13)6-4-10/h3-6,14H,2,7-9H2,1H3. The van der Waals surface area contributed by atoms with Crippen molar-refractivity contribution >= 4 is 10.0 Å². The molecule has 1 aromatic carbocycles. The summed E-state index contributed by atoms with van der Waals surface area (Å²) in [6.07, 6.45) is 1.90. The van der Waals surface area contributed by atoms with E-state index in [-0.39, 0.29) is 17.0 Å². The van der Waals surface area contributed by atoms with E-state index in [1.807, 2.05) is 0 Å². The molecular formula is C12H16FNO2S. The first kappa shape index (κ1) is 12.5. The van der Waals surface area contributed by atoms with Gasteiger partial charge in [-0.1, -0.05) is 12.1 Å². The molecule has 5 heteroatoms. The lowest BCUT2D eigenvalue weighted by Crippen LogP contribution is -2.33. The minimum absolute atomic E-state index is 0.0898. The van der Waals surface area contributed by atoms with Gasteiger partial charge < -0.3 is 0 Å². The fourth-order valence-electron chi connectivity index (χ4n) is 1.87. The van der Waals surface area contributed by atoms with E-state index < -0.39 is 10.0 Å². The van der Waals surface area contributed by atoms with Crippen LogP contribution in [-0.4, -0.2) is 20.7 Å². The topological polar surface area (TPSA) is 46.2 Å². The van der Waals surface area contributed by atoms with Crippen molar-refractivity contribution in [2.45, 2.75) is 25.2 Å². The average Bonchev–Trinajstić information content (AvgIpc) is 3.09. The number of hydrogen-bond donors (Lipinski definition) is 1. The molecule has 0 amide bonds. The smallest absolute Gasteiger partial charge is 0.211 e. The van der Waals surface area contributed by atoms with E-state index in [4.69, 9.17) is 0 Å². The minimum Gasteiger partial charge on any atom is -0.214 e. The van der Waals surface area contributed by atoms with Crippen LogP contribution in [-0.2, 0) is 15.4 Å². The van der Waals surface area contributed by atoms with Crippen molar-refractivity contribution < 1.29 is 12.8 Å². The fraction of sp³-hybridized carbons (Fsp3) is 0.500. The molecular weight excluding hydrogens is 241 g/mol. The van der Waals surface area contributed by atoms with Gasteiger partial charge in [-0.25, -0.2) is 17.5 Å². The van der Waals surface area contributed by atoms with Crippen molar-refractivity contribution in [2.75, 3.05) is 12.3 Å². The maximum atomic E-state index is 12.8. The molecule has 1 saturated carbocycles. The van der Waals surface area contributed by atoms with E-state index in [0.29, 0.717) is 6.54 Å². The maximum Gasteiger partial charge on any atom is 0.211 e. The van der Waals surface area contributed by atoms with Gasteiger partial charge in [0.25, 0.3) is 0 Å². The summed E-state index contributed by atoms with van der Waals surface area (Å²) in [5.74, 6) is -0.175. The van der Waals surface area contributed by atoms with Gasteiger partial charge in [0.1, 0.15) is 5.82 Å². The lowest BCUT2D eigenvalue weighted by molar-refractivity contribution is 0.567. The van der Waals surface area contributed by atoms with Crippen LogP contribution in [0.4, 0.5) is 4.39 Å². The Morgan fingerprint density at radius 1 is 1.29 bits per heavy atom. The van der Waals surface area contributed by atoms with Crippen LogP contribution in [0.3, 0.4) is 0 Å². The lowest BCUT2D eigenvalue weighted by atomic mass is 9.96. The largest absolute Gasteiger partial charge is 0.214 e. The molecule has 3 nitrogen and oxygen atoms in total. The molecule has 1 N–H and O–H groups in total. The SMILES string of the molecule is CCS(=O)(=O)NCC1(c2ccc(F)cc2)CC1. The van der Waals surface area contributed by atoms with Crippen molar-refractivity contribution in [3.63, 3.8) is 0 Å². The highest BCUT2D eigenvalue weighted by atomic mass is 32.2. The second-order valence-electron chi connectivity index (χ2n) is 4.51. The molecule has 1 aromatic rings. The van der Waals surface area contributed by atoms with Gasteiger partial charge in [0.2, 0.25) is 10.0 Å². The lowest BCUT2D eigenvalue weighted by Gasteiger charge is -2.16. The number of nitrogens with one attached hydrogen (secondary N) is 1. The zero-order chi connectivity index (χ0) is 12.5. The predicted octanol–water partition coefficient (Wildman–Crippen LogP) is 1.80. The molecule has 0 atom stereocenters. The highest BCUT2D eigenvalue weighted by Crippen LogP contribution is 2.47. The van der Waals surface area contributed by atoms with E-state index in [1.165, 1.54) is 12.1 Å². The fourth-order valence-corrected chi connectivity index (χ4v) is 2.57. The number of hydrogen-bond acceptors (Lipinski definition) is 2. The molecule has 94 valence electrons.